The number of carbonyl (C=O) groups is 1. The van der Waals surface area contributed by atoms with Crippen LogP contribution in [0.5, 0.6) is 0 Å². The summed E-state index contributed by atoms with van der Waals surface area (Å²) in [5.74, 6) is 0.112. The lowest BCUT2D eigenvalue weighted by molar-refractivity contribution is -0.145. The van der Waals surface area contributed by atoms with Gasteiger partial charge in [-0.2, -0.15) is 0 Å². The molecule has 1 fully saturated rings. The van der Waals surface area contributed by atoms with Crippen molar-refractivity contribution in [2.24, 2.45) is 0 Å². The van der Waals surface area contributed by atoms with E-state index in [2.05, 4.69) is 12.2 Å². The van der Waals surface area contributed by atoms with Crippen LogP contribution in [0.25, 0.3) is 0 Å². The number of carbonyl (C=O) groups excluding carboxylic acids is 1. The van der Waals surface area contributed by atoms with Crippen molar-refractivity contribution in [3.8, 4) is 0 Å². The molecule has 4 heteroatoms. The highest BCUT2D eigenvalue weighted by Gasteiger charge is 2.26. The number of piperazine rings is 1. The number of nitrogens with one attached hydrogen (secondary N) is 1. The molecule has 2 unspecified atom stereocenters. The summed E-state index contributed by atoms with van der Waals surface area (Å²) in [6.45, 7) is 8.93. The lowest BCUT2D eigenvalue weighted by atomic mass is 10.2. The first-order chi connectivity index (χ1) is 6.66. The summed E-state index contributed by atoms with van der Waals surface area (Å²) >= 11 is 0. The third kappa shape index (κ3) is 2.69. The van der Waals surface area contributed by atoms with Crippen LogP contribution in [0.1, 0.15) is 20.8 Å². The smallest absolute Gasteiger partial charge is 0.251 e. The Kier molecular flexibility index (Phi) is 4.35. The lowest BCUT2D eigenvalue weighted by Gasteiger charge is -2.35. The van der Waals surface area contributed by atoms with E-state index in [0.29, 0.717) is 6.61 Å². The van der Waals surface area contributed by atoms with E-state index < -0.39 is 0 Å². The van der Waals surface area contributed by atoms with Crippen LogP contribution in [-0.4, -0.2) is 49.2 Å². The molecule has 1 heterocycles. The van der Waals surface area contributed by atoms with E-state index in [-0.39, 0.29) is 18.1 Å². The van der Waals surface area contributed by atoms with Crippen molar-refractivity contribution in [1.29, 1.82) is 0 Å². The topological polar surface area (TPSA) is 41.6 Å². The minimum absolute atomic E-state index is 0.112. The molecule has 1 aliphatic heterocycles. The van der Waals surface area contributed by atoms with Crippen molar-refractivity contribution >= 4 is 5.91 Å². The van der Waals surface area contributed by atoms with Gasteiger partial charge in [-0.25, -0.2) is 0 Å². The van der Waals surface area contributed by atoms with Gasteiger partial charge in [-0.1, -0.05) is 0 Å². The van der Waals surface area contributed by atoms with Crippen molar-refractivity contribution < 1.29 is 9.53 Å². The molecule has 0 aromatic heterocycles. The molecule has 82 valence electrons. The maximum atomic E-state index is 11.9. The minimum atomic E-state index is -0.305. The summed E-state index contributed by atoms with van der Waals surface area (Å²) in [6.07, 6.45) is -0.305. The molecule has 0 aromatic carbocycles. The maximum Gasteiger partial charge on any atom is 0.251 e. The summed E-state index contributed by atoms with van der Waals surface area (Å²) in [4.78, 5) is 13.8. The van der Waals surface area contributed by atoms with Crippen molar-refractivity contribution in [1.82, 2.24) is 10.2 Å². The quantitative estimate of drug-likeness (QED) is 0.709. The zero-order valence-corrected chi connectivity index (χ0v) is 9.25. The molecular formula is C10H20N2O2. The van der Waals surface area contributed by atoms with Crippen LogP contribution in [0.3, 0.4) is 0 Å². The van der Waals surface area contributed by atoms with Gasteiger partial charge in [0.2, 0.25) is 0 Å². The van der Waals surface area contributed by atoms with Crippen LogP contribution in [0.4, 0.5) is 0 Å². The van der Waals surface area contributed by atoms with Crippen LogP contribution in [0.15, 0.2) is 0 Å². The van der Waals surface area contributed by atoms with E-state index >= 15 is 0 Å². The van der Waals surface area contributed by atoms with Crippen molar-refractivity contribution in [2.45, 2.75) is 32.9 Å². The Bertz CT molecular complexity index is 197. The van der Waals surface area contributed by atoms with Gasteiger partial charge in [0, 0.05) is 32.3 Å². The number of hydrogen-bond donors (Lipinski definition) is 1. The monoisotopic (exact) mass is 200 g/mol. The average molecular weight is 200 g/mol. The van der Waals surface area contributed by atoms with Crippen molar-refractivity contribution in [3.63, 3.8) is 0 Å². The summed E-state index contributed by atoms with van der Waals surface area (Å²) in [5, 5.41) is 3.26. The Morgan fingerprint density at radius 2 is 2.43 bits per heavy atom. The fourth-order valence-corrected chi connectivity index (χ4v) is 1.72. The molecule has 1 N–H and O–H groups in total. The molecule has 1 aliphatic rings. The van der Waals surface area contributed by atoms with E-state index in [1.54, 1.807) is 0 Å². The van der Waals surface area contributed by atoms with Gasteiger partial charge in [-0.05, 0) is 20.8 Å². The number of nitrogens with zero attached hydrogens (tertiary/aromatic N) is 1. The van der Waals surface area contributed by atoms with Crippen molar-refractivity contribution in [2.75, 3.05) is 26.2 Å². The standard InChI is InChI=1S/C10H20N2O2/c1-4-14-9(3)10(13)12-6-5-11-7-8(12)2/h8-9,11H,4-7H2,1-3H3. The minimum Gasteiger partial charge on any atom is -0.369 e. The first-order valence-corrected chi connectivity index (χ1v) is 5.29. The highest BCUT2D eigenvalue weighted by molar-refractivity contribution is 5.81. The molecule has 0 radical (unpaired) electrons. The van der Waals surface area contributed by atoms with Gasteiger partial charge < -0.3 is 15.0 Å². The SMILES string of the molecule is CCOC(C)C(=O)N1CCNCC1C. The maximum absolute atomic E-state index is 11.9. The van der Waals surface area contributed by atoms with E-state index in [1.807, 2.05) is 18.7 Å². The summed E-state index contributed by atoms with van der Waals surface area (Å²) in [7, 11) is 0. The molecule has 1 rings (SSSR count). The Labute approximate surface area is 85.6 Å². The zero-order valence-electron chi connectivity index (χ0n) is 9.25. The normalized spacial score (nSPS) is 24.8. The lowest BCUT2D eigenvalue weighted by Crippen LogP contribution is -2.54. The second-order valence-electron chi connectivity index (χ2n) is 3.68. The van der Waals surface area contributed by atoms with Gasteiger partial charge >= 0.3 is 0 Å². The van der Waals surface area contributed by atoms with E-state index in [1.165, 1.54) is 0 Å². The second-order valence-corrected chi connectivity index (χ2v) is 3.68. The molecule has 2 atom stereocenters. The predicted molar refractivity (Wildman–Crippen MR) is 55.1 cm³/mol. The van der Waals surface area contributed by atoms with E-state index in [9.17, 15) is 4.79 Å². The van der Waals surface area contributed by atoms with E-state index in [4.69, 9.17) is 4.74 Å². The molecule has 0 saturated carbocycles. The summed E-state index contributed by atoms with van der Waals surface area (Å²) in [6, 6.07) is 0.277. The third-order valence-electron chi connectivity index (χ3n) is 2.55. The van der Waals surface area contributed by atoms with Crippen LogP contribution in [-0.2, 0) is 9.53 Å². The molecule has 1 saturated heterocycles. The Morgan fingerprint density at radius 1 is 1.71 bits per heavy atom. The first kappa shape index (κ1) is 11.5. The van der Waals surface area contributed by atoms with Crippen LogP contribution >= 0.6 is 0 Å². The highest BCUT2D eigenvalue weighted by Crippen LogP contribution is 2.06. The van der Waals surface area contributed by atoms with Gasteiger partial charge in [-0.3, -0.25) is 4.79 Å². The Morgan fingerprint density at radius 3 is 3.00 bits per heavy atom. The van der Waals surface area contributed by atoms with Crippen LogP contribution < -0.4 is 5.32 Å². The average Bonchev–Trinajstić information content (AvgIpc) is 2.18. The van der Waals surface area contributed by atoms with Gasteiger partial charge in [0.15, 0.2) is 0 Å². The second kappa shape index (κ2) is 5.32. The number of amides is 1. The fourth-order valence-electron chi connectivity index (χ4n) is 1.72. The van der Waals surface area contributed by atoms with Crippen LogP contribution in [0, 0.1) is 0 Å². The fraction of sp³-hybridized carbons (Fsp3) is 0.900. The van der Waals surface area contributed by atoms with Gasteiger partial charge in [0.1, 0.15) is 6.10 Å². The Balaban J connectivity index is 2.49. The highest BCUT2D eigenvalue weighted by atomic mass is 16.5. The first-order valence-electron chi connectivity index (χ1n) is 5.29. The molecule has 0 aliphatic carbocycles. The zero-order chi connectivity index (χ0) is 10.6. The summed E-state index contributed by atoms with van der Waals surface area (Å²) in [5.41, 5.74) is 0. The molecule has 4 nitrogen and oxygen atoms in total. The molecule has 1 amide bonds. The van der Waals surface area contributed by atoms with E-state index in [0.717, 1.165) is 19.6 Å². The summed E-state index contributed by atoms with van der Waals surface area (Å²) < 4.78 is 5.29. The van der Waals surface area contributed by atoms with Gasteiger partial charge in [0.05, 0.1) is 0 Å². The van der Waals surface area contributed by atoms with Crippen molar-refractivity contribution in [3.05, 3.63) is 0 Å². The molecule has 0 aromatic rings. The van der Waals surface area contributed by atoms with Gasteiger partial charge in [-0.15, -0.1) is 0 Å². The number of ether oxygens (including phenoxy) is 1. The van der Waals surface area contributed by atoms with Gasteiger partial charge in [0.25, 0.3) is 5.91 Å². The molecule has 0 spiro atoms. The molecule has 0 bridgehead atoms. The Hall–Kier alpha value is -0.610. The van der Waals surface area contributed by atoms with Crippen LogP contribution in [0.2, 0.25) is 0 Å². The molecule has 14 heavy (non-hydrogen) atoms. The number of hydrogen-bond acceptors (Lipinski definition) is 3. The third-order valence-corrected chi connectivity index (χ3v) is 2.55. The number of rotatable bonds is 3. The largest absolute Gasteiger partial charge is 0.369 e. The predicted octanol–water partition coefficient (Wildman–Crippen LogP) is 0.232. The molecular weight excluding hydrogens is 180 g/mol.